The smallest absolute Gasteiger partial charge is 0.323 e. The quantitative estimate of drug-likeness (QED) is 0.408. The van der Waals surface area contributed by atoms with Crippen LogP contribution in [0.25, 0.3) is 10.8 Å². The highest BCUT2D eigenvalue weighted by Crippen LogP contribution is 2.20. The van der Waals surface area contributed by atoms with Gasteiger partial charge in [-0.05, 0) is 46.7 Å². The molecule has 0 atom stereocenters. The second kappa shape index (κ2) is 8.92. The molecule has 4 aromatic rings. The molecule has 4 aromatic carbocycles. The minimum absolute atomic E-state index is 0.114. The van der Waals surface area contributed by atoms with Crippen LogP contribution < -0.4 is 16.0 Å². The topological polar surface area (TPSA) is 70.2 Å². The number of nitrogens with one attached hydrogen (secondary N) is 3. The first-order chi connectivity index (χ1) is 14.7. The molecule has 0 unspecified atom stereocenters. The van der Waals surface area contributed by atoms with E-state index in [2.05, 4.69) is 16.0 Å². The van der Waals surface area contributed by atoms with Crippen molar-refractivity contribution in [3.63, 3.8) is 0 Å². The van der Waals surface area contributed by atoms with Crippen LogP contribution in [0.15, 0.2) is 97.1 Å². The van der Waals surface area contributed by atoms with Gasteiger partial charge < -0.3 is 16.0 Å². The lowest BCUT2D eigenvalue weighted by atomic mass is 10.0. The first-order valence-corrected chi connectivity index (χ1v) is 9.67. The summed E-state index contributed by atoms with van der Waals surface area (Å²) in [5, 5.41) is 10.6. The summed E-state index contributed by atoms with van der Waals surface area (Å²) in [4.78, 5) is 24.8. The van der Waals surface area contributed by atoms with E-state index in [-0.39, 0.29) is 18.4 Å². The zero-order valence-electron chi connectivity index (χ0n) is 16.3. The van der Waals surface area contributed by atoms with Crippen LogP contribution in [0.5, 0.6) is 0 Å². The van der Waals surface area contributed by atoms with Crippen molar-refractivity contribution in [1.82, 2.24) is 0 Å². The van der Waals surface area contributed by atoms with Gasteiger partial charge in [0, 0.05) is 17.1 Å². The number of rotatable bonds is 5. The summed E-state index contributed by atoms with van der Waals surface area (Å²) in [6.45, 7) is 0. The van der Waals surface area contributed by atoms with Gasteiger partial charge in [-0.15, -0.1) is 0 Å². The monoisotopic (exact) mass is 395 g/mol. The largest absolute Gasteiger partial charge is 0.326 e. The average Bonchev–Trinajstić information content (AvgIpc) is 2.75. The Labute approximate surface area is 174 Å². The van der Waals surface area contributed by atoms with Crippen molar-refractivity contribution < 1.29 is 9.59 Å². The molecule has 0 aliphatic carbocycles. The number of carbonyl (C=O) groups is 2. The van der Waals surface area contributed by atoms with Gasteiger partial charge in [0.25, 0.3) is 0 Å². The maximum Gasteiger partial charge on any atom is 0.323 e. The Kier molecular flexibility index (Phi) is 5.71. The van der Waals surface area contributed by atoms with Crippen molar-refractivity contribution >= 4 is 39.8 Å². The predicted octanol–water partition coefficient (Wildman–Crippen LogP) is 5.67. The van der Waals surface area contributed by atoms with Gasteiger partial charge in [-0.25, -0.2) is 4.79 Å². The van der Waals surface area contributed by atoms with E-state index >= 15 is 0 Å². The Bertz CT molecular complexity index is 1180. The molecule has 0 radical (unpaired) electrons. The predicted molar refractivity (Wildman–Crippen MR) is 122 cm³/mol. The molecule has 3 N–H and O–H groups in total. The molecule has 3 amide bonds. The molecule has 0 fully saturated rings. The van der Waals surface area contributed by atoms with Gasteiger partial charge in [-0.1, -0.05) is 66.7 Å². The minimum atomic E-state index is -0.347. The summed E-state index contributed by atoms with van der Waals surface area (Å²) in [7, 11) is 0. The lowest BCUT2D eigenvalue weighted by Gasteiger charge is -2.11. The molecule has 0 spiro atoms. The second-order valence-corrected chi connectivity index (χ2v) is 6.89. The van der Waals surface area contributed by atoms with E-state index in [1.165, 1.54) is 0 Å². The summed E-state index contributed by atoms with van der Waals surface area (Å²) in [5.74, 6) is -0.114. The number of hydrogen-bond donors (Lipinski definition) is 3. The van der Waals surface area contributed by atoms with E-state index in [9.17, 15) is 9.59 Å². The van der Waals surface area contributed by atoms with Gasteiger partial charge in [0.2, 0.25) is 5.91 Å². The number of fused-ring (bicyclic) bond motifs is 1. The van der Waals surface area contributed by atoms with Crippen LogP contribution in [0.2, 0.25) is 0 Å². The standard InChI is InChI=1S/C25H21N3O2/c29-24(16-19-10-6-9-18-8-4-5-15-23(18)19)26-21-13-7-14-22(17-21)28-25(30)27-20-11-2-1-3-12-20/h1-15,17H,16H2,(H,26,29)(H2,27,28,30). The normalized spacial score (nSPS) is 10.4. The first-order valence-electron chi connectivity index (χ1n) is 9.67. The summed E-state index contributed by atoms with van der Waals surface area (Å²) in [6.07, 6.45) is 0.271. The third kappa shape index (κ3) is 4.83. The highest BCUT2D eigenvalue weighted by atomic mass is 16.2. The average molecular weight is 395 g/mol. The molecule has 4 rings (SSSR count). The summed E-state index contributed by atoms with van der Waals surface area (Å²) < 4.78 is 0. The molecule has 0 bridgehead atoms. The highest BCUT2D eigenvalue weighted by Gasteiger charge is 2.09. The summed E-state index contributed by atoms with van der Waals surface area (Å²) in [5.41, 5.74) is 2.89. The Balaban J connectivity index is 1.40. The van der Waals surface area contributed by atoms with E-state index in [1.807, 2.05) is 72.8 Å². The van der Waals surface area contributed by atoms with Gasteiger partial charge in [-0.2, -0.15) is 0 Å². The van der Waals surface area contributed by atoms with Crippen molar-refractivity contribution in [2.75, 3.05) is 16.0 Å². The van der Waals surface area contributed by atoms with Crippen LogP contribution in [0.3, 0.4) is 0 Å². The third-order valence-corrected chi connectivity index (χ3v) is 4.67. The molecule has 0 heterocycles. The molecule has 0 aliphatic rings. The van der Waals surface area contributed by atoms with Crippen molar-refractivity contribution in [3.8, 4) is 0 Å². The highest BCUT2D eigenvalue weighted by molar-refractivity contribution is 6.01. The maximum atomic E-state index is 12.6. The summed E-state index contributed by atoms with van der Waals surface area (Å²) >= 11 is 0. The lowest BCUT2D eigenvalue weighted by Crippen LogP contribution is -2.19. The number of urea groups is 1. The Hall–Kier alpha value is -4.12. The zero-order valence-corrected chi connectivity index (χ0v) is 16.3. The van der Waals surface area contributed by atoms with Crippen LogP contribution in [-0.2, 0) is 11.2 Å². The Morgan fingerprint density at radius 2 is 1.20 bits per heavy atom. The van der Waals surface area contributed by atoms with Crippen LogP contribution in [-0.4, -0.2) is 11.9 Å². The number of amides is 3. The van der Waals surface area contributed by atoms with Crippen molar-refractivity contribution in [1.29, 1.82) is 0 Å². The van der Waals surface area contributed by atoms with Gasteiger partial charge >= 0.3 is 6.03 Å². The fourth-order valence-electron chi connectivity index (χ4n) is 3.31. The van der Waals surface area contributed by atoms with Crippen LogP contribution >= 0.6 is 0 Å². The number of benzene rings is 4. The molecular formula is C25H21N3O2. The Morgan fingerprint density at radius 1 is 0.600 bits per heavy atom. The molecule has 148 valence electrons. The van der Waals surface area contributed by atoms with Gasteiger partial charge in [-0.3, -0.25) is 4.79 Å². The SMILES string of the molecule is O=C(Cc1cccc2ccccc12)Nc1cccc(NC(=O)Nc2ccccc2)c1. The van der Waals surface area contributed by atoms with E-state index in [1.54, 1.807) is 24.3 Å². The van der Waals surface area contributed by atoms with Crippen LogP contribution in [0, 0.1) is 0 Å². The molecular weight excluding hydrogens is 374 g/mol. The van der Waals surface area contributed by atoms with Gasteiger partial charge in [0.05, 0.1) is 6.42 Å². The van der Waals surface area contributed by atoms with Crippen molar-refractivity contribution in [2.24, 2.45) is 0 Å². The number of hydrogen-bond acceptors (Lipinski definition) is 2. The van der Waals surface area contributed by atoms with Crippen LogP contribution in [0.1, 0.15) is 5.56 Å². The number of carbonyl (C=O) groups excluding carboxylic acids is 2. The molecule has 5 heteroatoms. The first kappa shape index (κ1) is 19.2. The lowest BCUT2D eigenvalue weighted by molar-refractivity contribution is -0.115. The fraction of sp³-hybridized carbons (Fsp3) is 0.0400. The second-order valence-electron chi connectivity index (χ2n) is 6.89. The minimum Gasteiger partial charge on any atom is -0.326 e. The molecule has 5 nitrogen and oxygen atoms in total. The third-order valence-electron chi connectivity index (χ3n) is 4.67. The number of para-hydroxylation sites is 1. The molecule has 30 heavy (non-hydrogen) atoms. The van der Waals surface area contributed by atoms with E-state index < -0.39 is 0 Å². The van der Waals surface area contributed by atoms with E-state index in [0.717, 1.165) is 16.3 Å². The Morgan fingerprint density at radius 3 is 2.03 bits per heavy atom. The summed E-state index contributed by atoms with van der Waals surface area (Å²) in [6, 6.07) is 29.9. The maximum absolute atomic E-state index is 12.6. The van der Waals surface area contributed by atoms with E-state index in [0.29, 0.717) is 17.1 Å². The van der Waals surface area contributed by atoms with Gasteiger partial charge in [0.1, 0.15) is 0 Å². The molecule has 0 saturated heterocycles. The van der Waals surface area contributed by atoms with E-state index in [4.69, 9.17) is 0 Å². The fourth-order valence-corrected chi connectivity index (χ4v) is 3.31. The molecule has 0 aromatic heterocycles. The molecule has 0 aliphatic heterocycles. The van der Waals surface area contributed by atoms with Gasteiger partial charge in [0.15, 0.2) is 0 Å². The molecule has 0 saturated carbocycles. The van der Waals surface area contributed by atoms with Crippen LogP contribution in [0.4, 0.5) is 21.9 Å². The zero-order chi connectivity index (χ0) is 20.8. The number of anilines is 3. The van der Waals surface area contributed by atoms with Crippen molar-refractivity contribution in [2.45, 2.75) is 6.42 Å². The van der Waals surface area contributed by atoms with Crippen molar-refractivity contribution in [3.05, 3.63) is 103 Å².